The number of para-hydroxylation sites is 1. The fourth-order valence-corrected chi connectivity index (χ4v) is 4.90. The number of carbonyl (C=O) groups is 3. The van der Waals surface area contributed by atoms with Crippen molar-refractivity contribution in [1.82, 2.24) is 9.88 Å². The van der Waals surface area contributed by atoms with E-state index >= 15 is 0 Å². The van der Waals surface area contributed by atoms with E-state index in [1.54, 1.807) is 73.1 Å². The molecule has 3 aromatic carbocycles. The molecule has 1 heterocycles. The molecule has 0 radical (unpaired) electrons. The Bertz CT molecular complexity index is 1520. The number of aromatic nitrogens is 1. The van der Waals surface area contributed by atoms with Gasteiger partial charge in [0, 0.05) is 48.7 Å². The molecule has 1 aliphatic carbocycles. The number of ketones is 1. The standard InChI is InChI=1S/C35H35N3O5/c39-33(27-8-2-1-3-9-27)30-11-4-5-12-31(30)37-32(35(41)42)22-25-15-17-29(18-16-25)43-21-7-20-38(24-26-13-14-26)34(40)28-10-6-19-36-23-28/h1-6,8-12,15-19,23,26,32,37H,7,13-14,20-22,24H2,(H,41,42). The minimum atomic E-state index is -1.01. The van der Waals surface area contributed by atoms with Crippen LogP contribution in [0.5, 0.6) is 5.75 Å². The number of aliphatic carboxylic acids is 1. The van der Waals surface area contributed by atoms with E-state index in [1.165, 1.54) is 0 Å². The van der Waals surface area contributed by atoms with Crippen LogP contribution in [-0.2, 0) is 11.2 Å². The quantitative estimate of drug-likeness (QED) is 0.137. The summed E-state index contributed by atoms with van der Waals surface area (Å²) >= 11 is 0. The molecule has 1 fully saturated rings. The highest BCUT2D eigenvalue weighted by molar-refractivity contribution is 6.12. The van der Waals surface area contributed by atoms with Crippen molar-refractivity contribution in [3.05, 3.63) is 126 Å². The molecule has 5 rings (SSSR count). The van der Waals surface area contributed by atoms with Gasteiger partial charge in [-0.3, -0.25) is 14.6 Å². The van der Waals surface area contributed by atoms with Crippen LogP contribution in [0.3, 0.4) is 0 Å². The zero-order valence-electron chi connectivity index (χ0n) is 23.9. The predicted octanol–water partition coefficient (Wildman–Crippen LogP) is 5.74. The lowest BCUT2D eigenvalue weighted by Gasteiger charge is -2.22. The van der Waals surface area contributed by atoms with Crippen LogP contribution in [0.15, 0.2) is 103 Å². The van der Waals surface area contributed by atoms with Gasteiger partial charge in [0.15, 0.2) is 5.78 Å². The minimum absolute atomic E-state index is 0.00185. The Morgan fingerprint density at radius 2 is 1.63 bits per heavy atom. The lowest BCUT2D eigenvalue weighted by atomic mass is 10.00. The first-order chi connectivity index (χ1) is 21.0. The molecular weight excluding hydrogens is 542 g/mol. The van der Waals surface area contributed by atoms with Crippen molar-refractivity contribution in [3.8, 4) is 5.75 Å². The monoisotopic (exact) mass is 577 g/mol. The van der Waals surface area contributed by atoms with Crippen LogP contribution in [0.2, 0.25) is 0 Å². The van der Waals surface area contributed by atoms with Crippen molar-refractivity contribution < 1.29 is 24.2 Å². The first-order valence-corrected chi connectivity index (χ1v) is 14.6. The molecule has 0 saturated heterocycles. The highest BCUT2D eigenvalue weighted by atomic mass is 16.5. The Balaban J connectivity index is 1.15. The third-order valence-corrected chi connectivity index (χ3v) is 7.41. The van der Waals surface area contributed by atoms with Gasteiger partial charge in [-0.25, -0.2) is 4.79 Å². The average Bonchev–Trinajstić information content (AvgIpc) is 3.87. The summed E-state index contributed by atoms with van der Waals surface area (Å²) in [7, 11) is 0. The average molecular weight is 578 g/mol. The zero-order valence-corrected chi connectivity index (χ0v) is 23.9. The van der Waals surface area contributed by atoms with E-state index in [-0.39, 0.29) is 18.1 Å². The number of amides is 1. The number of rotatable bonds is 15. The number of anilines is 1. The summed E-state index contributed by atoms with van der Waals surface area (Å²) in [6.07, 6.45) is 6.50. The fourth-order valence-electron chi connectivity index (χ4n) is 4.90. The van der Waals surface area contributed by atoms with E-state index in [2.05, 4.69) is 10.3 Å². The highest BCUT2D eigenvalue weighted by Gasteiger charge is 2.27. The lowest BCUT2D eigenvalue weighted by Crippen LogP contribution is -2.34. The van der Waals surface area contributed by atoms with Gasteiger partial charge in [-0.15, -0.1) is 0 Å². The first-order valence-electron chi connectivity index (χ1n) is 14.6. The third-order valence-electron chi connectivity index (χ3n) is 7.41. The first kappa shape index (κ1) is 29.5. The molecule has 220 valence electrons. The summed E-state index contributed by atoms with van der Waals surface area (Å²) in [4.78, 5) is 44.2. The zero-order chi connectivity index (χ0) is 30.0. The molecule has 43 heavy (non-hydrogen) atoms. The molecule has 1 aromatic heterocycles. The van der Waals surface area contributed by atoms with E-state index in [1.807, 2.05) is 35.2 Å². The Kier molecular flexibility index (Phi) is 9.79. The minimum Gasteiger partial charge on any atom is -0.494 e. The van der Waals surface area contributed by atoms with Gasteiger partial charge in [-0.2, -0.15) is 0 Å². The third kappa shape index (κ3) is 8.29. The van der Waals surface area contributed by atoms with Crippen molar-refractivity contribution in [1.29, 1.82) is 0 Å². The number of pyridine rings is 1. The SMILES string of the molecule is O=C(c1ccccc1)c1ccccc1NC(Cc1ccc(OCCCN(CC2CC2)C(=O)c2cccnc2)cc1)C(=O)O. The van der Waals surface area contributed by atoms with Crippen molar-refractivity contribution >= 4 is 23.3 Å². The largest absolute Gasteiger partial charge is 0.494 e. The van der Waals surface area contributed by atoms with Crippen LogP contribution in [0.1, 0.15) is 51.1 Å². The number of nitrogens with one attached hydrogen (secondary N) is 1. The maximum absolute atomic E-state index is 13.1. The highest BCUT2D eigenvalue weighted by Crippen LogP contribution is 2.30. The Labute approximate surface area is 251 Å². The second kappa shape index (κ2) is 14.3. The number of benzene rings is 3. The van der Waals surface area contributed by atoms with Gasteiger partial charge in [0.1, 0.15) is 11.8 Å². The second-order valence-electron chi connectivity index (χ2n) is 10.8. The van der Waals surface area contributed by atoms with Crippen molar-refractivity contribution in [2.24, 2.45) is 5.92 Å². The molecule has 0 spiro atoms. The van der Waals surface area contributed by atoms with E-state index in [9.17, 15) is 19.5 Å². The van der Waals surface area contributed by atoms with E-state index in [0.717, 1.165) is 24.9 Å². The van der Waals surface area contributed by atoms with Crippen LogP contribution in [0, 0.1) is 5.92 Å². The molecule has 1 atom stereocenters. The van der Waals surface area contributed by atoms with Gasteiger partial charge in [-0.05, 0) is 67.1 Å². The number of ether oxygens (including phenoxy) is 1. The van der Waals surface area contributed by atoms with E-state index in [4.69, 9.17) is 4.74 Å². The number of carbonyl (C=O) groups excluding carboxylic acids is 2. The number of carboxylic acid groups (broad SMARTS) is 1. The van der Waals surface area contributed by atoms with Crippen LogP contribution < -0.4 is 10.1 Å². The maximum atomic E-state index is 13.1. The number of nitrogens with zero attached hydrogens (tertiary/aromatic N) is 2. The van der Waals surface area contributed by atoms with Gasteiger partial charge in [0.25, 0.3) is 5.91 Å². The molecule has 1 aliphatic rings. The molecular formula is C35H35N3O5. The summed E-state index contributed by atoms with van der Waals surface area (Å²) in [6, 6.07) is 25.8. The molecule has 8 nitrogen and oxygen atoms in total. The van der Waals surface area contributed by atoms with Crippen molar-refractivity contribution in [2.75, 3.05) is 25.0 Å². The van der Waals surface area contributed by atoms with Crippen LogP contribution in [-0.4, -0.2) is 58.4 Å². The molecule has 0 bridgehead atoms. The van der Waals surface area contributed by atoms with Crippen molar-refractivity contribution in [2.45, 2.75) is 31.7 Å². The summed E-state index contributed by atoms with van der Waals surface area (Å²) in [5.74, 6) is 0.0639. The molecule has 4 aromatic rings. The van der Waals surface area contributed by atoms with E-state index < -0.39 is 12.0 Å². The second-order valence-corrected chi connectivity index (χ2v) is 10.8. The van der Waals surface area contributed by atoms with Crippen LogP contribution in [0.4, 0.5) is 5.69 Å². The summed E-state index contributed by atoms with van der Waals surface area (Å²) in [5, 5.41) is 13.0. The molecule has 8 heteroatoms. The van der Waals surface area contributed by atoms with E-state index in [0.29, 0.717) is 53.6 Å². The Hall–Kier alpha value is -4.98. The predicted molar refractivity (Wildman–Crippen MR) is 164 cm³/mol. The van der Waals surface area contributed by atoms with Gasteiger partial charge in [-0.1, -0.05) is 54.6 Å². The maximum Gasteiger partial charge on any atom is 0.326 e. The Morgan fingerprint density at radius 1 is 0.907 bits per heavy atom. The molecule has 2 N–H and O–H groups in total. The summed E-state index contributed by atoms with van der Waals surface area (Å²) in [6.45, 7) is 1.81. The Morgan fingerprint density at radius 3 is 2.33 bits per heavy atom. The van der Waals surface area contributed by atoms with Gasteiger partial charge < -0.3 is 20.1 Å². The summed E-state index contributed by atoms with van der Waals surface area (Å²) < 4.78 is 5.93. The fraction of sp³-hybridized carbons (Fsp3) is 0.257. The molecule has 1 amide bonds. The topological polar surface area (TPSA) is 109 Å². The molecule has 1 unspecified atom stereocenters. The van der Waals surface area contributed by atoms with Crippen LogP contribution in [0.25, 0.3) is 0 Å². The van der Waals surface area contributed by atoms with Crippen LogP contribution >= 0.6 is 0 Å². The normalized spacial score (nSPS) is 13.1. The number of hydrogen-bond acceptors (Lipinski definition) is 6. The smallest absolute Gasteiger partial charge is 0.326 e. The molecule has 0 aliphatic heterocycles. The molecule has 1 saturated carbocycles. The van der Waals surface area contributed by atoms with Gasteiger partial charge in [0.05, 0.1) is 12.2 Å². The van der Waals surface area contributed by atoms with Crippen molar-refractivity contribution in [3.63, 3.8) is 0 Å². The summed E-state index contributed by atoms with van der Waals surface area (Å²) in [5.41, 5.74) is 2.84. The van der Waals surface area contributed by atoms with Gasteiger partial charge in [0.2, 0.25) is 0 Å². The van der Waals surface area contributed by atoms with Gasteiger partial charge >= 0.3 is 5.97 Å². The lowest BCUT2D eigenvalue weighted by molar-refractivity contribution is -0.137. The number of hydrogen-bond donors (Lipinski definition) is 2. The number of carboxylic acids is 1.